The van der Waals surface area contributed by atoms with E-state index >= 15 is 0 Å². The van der Waals surface area contributed by atoms with Crippen LogP contribution in [0.4, 0.5) is 0 Å². The second kappa shape index (κ2) is 11.4. The minimum Gasteiger partial charge on any atom is -0.478 e. The number of rotatable bonds is 7. The predicted octanol–water partition coefficient (Wildman–Crippen LogP) is 4.21. The number of carbonyl (C=O) groups is 1. The number of allylic oxidation sites excluding steroid dienone is 10. The lowest BCUT2D eigenvalue weighted by atomic mass is 10.2. The summed E-state index contributed by atoms with van der Waals surface area (Å²) in [6.07, 6.45) is 21.1. The Balaban J connectivity index is 4.17. The van der Waals surface area contributed by atoms with Gasteiger partial charge in [-0.2, -0.15) is 0 Å². The lowest BCUT2D eigenvalue weighted by Crippen LogP contribution is -1.96. The molecule has 0 bridgehead atoms. The van der Waals surface area contributed by atoms with E-state index in [1.54, 1.807) is 31.2 Å². The van der Waals surface area contributed by atoms with Crippen LogP contribution in [0.3, 0.4) is 0 Å². The smallest absolute Gasteiger partial charge is 0.335 e. The van der Waals surface area contributed by atoms with E-state index in [9.17, 15) is 4.79 Å². The molecule has 96 valence electrons. The predicted molar refractivity (Wildman–Crippen MR) is 77.4 cm³/mol. The Kier molecular flexibility index (Phi) is 10.1. The van der Waals surface area contributed by atoms with Crippen LogP contribution in [0, 0.1) is 0 Å². The molecule has 18 heavy (non-hydrogen) atoms. The van der Waals surface area contributed by atoms with E-state index in [-0.39, 0.29) is 5.57 Å². The Labute approximate surface area is 109 Å². The van der Waals surface area contributed by atoms with E-state index in [2.05, 4.69) is 0 Å². The molecule has 0 fully saturated rings. The first-order chi connectivity index (χ1) is 8.72. The van der Waals surface area contributed by atoms with Crippen LogP contribution in [0.15, 0.2) is 72.4 Å². The summed E-state index contributed by atoms with van der Waals surface area (Å²) < 4.78 is 0. The van der Waals surface area contributed by atoms with Crippen LogP contribution in [0.25, 0.3) is 0 Å². The second-order valence-electron chi connectivity index (χ2n) is 3.43. The summed E-state index contributed by atoms with van der Waals surface area (Å²) in [5.74, 6) is -0.914. The van der Waals surface area contributed by atoms with Crippen molar-refractivity contribution in [2.24, 2.45) is 0 Å². The molecule has 0 aliphatic rings. The van der Waals surface area contributed by atoms with Gasteiger partial charge < -0.3 is 5.11 Å². The summed E-state index contributed by atoms with van der Waals surface area (Å²) >= 11 is 0. The maximum atomic E-state index is 10.8. The third-order valence-electron chi connectivity index (χ3n) is 1.94. The van der Waals surface area contributed by atoms with Crippen LogP contribution in [0.2, 0.25) is 0 Å². The van der Waals surface area contributed by atoms with Gasteiger partial charge in [0.2, 0.25) is 0 Å². The van der Waals surface area contributed by atoms with Crippen molar-refractivity contribution in [2.75, 3.05) is 0 Å². The molecule has 0 aromatic heterocycles. The molecule has 2 heteroatoms. The SMILES string of the molecule is C/C=C/C=C/C=C/C/C=C/C=C(/C=C/C)C(=O)O. The molecule has 0 unspecified atom stereocenters. The van der Waals surface area contributed by atoms with Gasteiger partial charge in [0, 0.05) is 0 Å². The van der Waals surface area contributed by atoms with Gasteiger partial charge in [-0.3, -0.25) is 0 Å². The van der Waals surface area contributed by atoms with Gasteiger partial charge >= 0.3 is 5.97 Å². The highest BCUT2D eigenvalue weighted by atomic mass is 16.4. The van der Waals surface area contributed by atoms with Gasteiger partial charge in [-0.25, -0.2) is 4.79 Å². The van der Waals surface area contributed by atoms with E-state index in [1.807, 2.05) is 49.5 Å². The zero-order chi connectivity index (χ0) is 13.6. The summed E-state index contributed by atoms with van der Waals surface area (Å²) in [4.78, 5) is 10.8. The van der Waals surface area contributed by atoms with Crippen LogP contribution in [-0.2, 0) is 4.79 Å². The van der Waals surface area contributed by atoms with Gasteiger partial charge in [-0.1, -0.05) is 60.8 Å². The second-order valence-corrected chi connectivity index (χ2v) is 3.43. The largest absolute Gasteiger partial charge is 0.478 e. The first-order valence-corrected chi connectivity index (χ1v) is 5.89. The minimum atomic E-state index is -0.914. The monoisotopic (exact) mass is 244 g/mol. The van der Waals surface area contributed by atoms with Crippen molar-refractivity contribution >= 4 is 5.97 Å². The number of hydrogen-bond donors (Lipinski definition) is 1. The molecule has 0 aromatic carbocycles. The fourth-order valence-corrected chi connectivity index (χ4v) is 1.10. The van der Waals surface area contributed by atoms with E-state index in [0.29, 0.717) is 0 Å². The summed E-state index contributed by atoms with van der Waals surface area (Å²) in [5, 5.41) is 8.84. The average molecular weight is 244 g/mol. The van der Waals surface area contributed by atoms with Crippen LogP contribution < -0.4 is 0 Å². The van der Waals surface area contributed by atoms with Gasteiger partial charge in [0.05, 0.1) is 5.57 Å². The number of hydrogen-bond acceptors (Lipinski definition) is 1. The molecule has 0 heterocycles. The maximum absolute atomic E-state index is 10.8. The highest BCUT2D eigenvalue weighted by Crippen LogP contribution is 1.98. The van der Waals surface area contributed by atoms with Crippen molar-refractivity contribution in [3.05, 3.63) is 72.4 Å². The van der Waals surface area contributed by atoms with Crippen LogP contribution in [-0.4, -0.2) is 11.1 Å². The van der Waals surface area contributed by atoms with Crippen molar-refractivity contribution in [1.29, 1.82) is 0 Å². The first kappa shape index (κ1) is 15.9. The Bertz CT molecular complexity index is 405. The highest BCUT2D eigenvalue weighted by molar-refractivity contribution is 5.90. The maximum Gasteiger partial charge on any atom is 0.335 e. The molecule has 0 radical (unpaired) electrons. The lowest BCUT2D eigenvalue weighted by Gasteiger charge is -1.90. The Morgan fingerprint density at radius 2 is 1.61 bits per heavy atom. The summed E-state index contributed by atoms with van der Waals surface area (Å²) in [6, 6.07) is 0. The normalized spacial score (nSPS) is 14.0. The Hall–Kier alpha value is -2.09. The lowest BCUT2D eigenvalue weighted by molar-refractivity contribution is -0.132. The molecule has 0 amide bonds. The fourth-order valence-electron chi connectivity index (χ4n) is 1.10. The Morgan fingerprint density at radius 1 is 0.944 bits per heavy atom. The molecule has 0 spiro atoms. The van der Waals surface area contributed by atoms with Crippen molar-refractivity contribution in [2.45, 2.75) is 20.3 Å². The molecule has 1 N–H and O–H groups in total. The molecule has 2 nitrogen and oxygen atoms in total. The summed E-state index contributed by atoms with van der Waals surface area (Å²) in [5.41, 5.74) is 0.283. The Morgan fingerprint density at radius 3 is 2.22 bits per heavy atom. The van der Waals surface area contributed by atoms with Crippen LogP contribution in [0.5, 0.6) is 0 Å². The average Bonchev–Trinajstić information content (AvgIpc) is 2.35. The molecule has 0 aromatic rings. The van der Waals surface area contributed by atoms with Gasteiger partial charge in [-0.05, 0) is 26.3 Å². The topological polar surface area (TPSA) is 37.3 Å². The number of carboxylic acids is 1. The number of carboxylic acid groups (broad SMARTS) is 1. The molecule has 0 rings (SSSR count). The molecule has 0 atom stereocenters. The van der Waals surface area contributed by atoms with Crippen molar-refractivity contribution in [1.82, 2.24) is 0 Å². The summed E-state index contributed by atoms with van der Waals surface area (Å²) in [7, 11) is 0. The minimum absolute atomic E-state index is 0.283. The van der Waals surface area contributed by atoms with Crippen molar-refractivity contribution in [3.8, 4) is 0 Å². The zero-order valence-electron chi connectivity index (χ0n) is 10.9. The van der Waals surface area contributed by atoms with Gasteiger partial charge in [0.1, 0.15) is 0 Å². The first-order valence-electron chi connectivity index (χ1n) is 5.89. The quantitative estimate of drug-likeness (QED) is 0.538. The fraction of sp³-hybridized carbons (Fsp3) is 0.188. The van der Waals surface area contributed by atoms with Crippen molar-refractivity contribution in [3.63, 3.8) is 0 Å². The molecule has 0 aliphatic heterocycles. The zero-order valence-corrected chi connectivity index (χ0v) is 10.9. The molecule has 0 aliphatic carbocycles. The van der Waals surface area contributed by atoms with E-state index in [0.717, 1.165) is 6.42 Å². The number of aliphatic carboxylic acids is 1. The van der Waals surface area contributed by atoms with Gasteiger partial charge in [-0.15, -0.1) is 0 Å². The summed E-state index contributed by atoms with van der Waals surface area (Å²) in [6.45, 7) is 3.76. The van der Waals surface area contributed by atoms with Crippen LogP contribution >= 0.6 is 0 Å². The van der Waals surface area contributed by atoms with E-state index < -0.39 is 5.97 Å². The molecular formula is C16H20O2. The van der Waals surface area contributed by atoms with E-state index in [1.165, 1.54) is 0 Å². The van der Waals surface area contributed by atoms with Gasteiger partial charge in [0.15, 0.2) is 0 Å². The third-order valence-corrected chi connectivity index (χ3v) is 1.94. The van der Waals surface area contributed by atoms with Crippen LogP contribution in [0.1, 0.15) is 20.3 Å². The third kappa shape index (κ3) is 9.16. The molecule has 0 saturated heterocycles. The molecule has 0 saturated carbocycles. The van der Waals surface area contributed by atoms with Crippen molar-refractivity contribution < 1.29 is 9.90 Å². The standard InChI is InChI=1S/C16H20O2/c1-3-5-6-7-8-9-10-11-12-14-15(13-4-2)16(17)18/h3-9,11-14H,10H2,1-2H3,(H,17,18)/b5-3+,7-6+,9-8+,12-11+,13-4+,15-14-. The van der Waals surface area contributed by atoms with Gasteiger partial charge in [0.25, 0.3) is 0 Å². The highest BCUT2D eigenvalue weighted by Gasteiger charge is 1.98. The molecular weight excluding hydrogens is 224 g/mol. The van der Waals surface area contributed by atoms with E-state index in [4.69, 9.17) is 5.11 Å².